The van der Waals surface area contributed by atoms with E-state index in [2.05, 4.69) is 5.32 Å². The van der Waals surface area contributed by atoms with Crippen LogP contribution in [0.25, 0.3) is 0 Å². The lowest BCUT2D eigenvalue weighted by atomic mass is 10.1. The predicted octanol–water partition coefficient (Wildman–Crippen LogP) is 3.00. The molecule has 0 atom stereocenters. The van der Waals surface area contributed by atoms with Gasteiger partial charge in [-0.1, -0.05) is 12.1 Å². The highest BCUT2D eigenvalue weighted by Crippen LogP contribution is 2.29. The maximum Gasteiger partial charge on any atom is 0.310 e. The van der Waals surface area contributed by atoms with E-state index in [1.165, 1.54) is 25.7 Å². The summed E-state index contributed by atoms with van der Waals surface area (Å²) in [4.78, 5) is 11.6. The zero-order chi connectivity index (χ0) is 13.1. The first kappa shape index (κ1) is 12.5. The van der Waals surface area contributed by atoms with E-state index >= 15 is 0 Å². The molecule has 0 spiro atoms. The number of hydrogen-bond donors (Lipinski definition) is 1. The Morgan fingerprint density at radius 3 is 2.42 bits per heavy atom. The van der Waals surface area contributed by atoms with Crippen molar-refractivity contribution in [2.24, 2.45) is 11.8 Å². The molecule has 0 radical (unpaired) electrons. The summed E-state index contributed by atoms with van der Waals surface area (Å²) < 4.78 is 5.23. The van der Waals surface area contributed by atoms with Gasteiger partial charge < -0.3 is 10.1 Å². The predicted molar refractivity (Wildman–Crippen MR) is 75.0 cm³/mol. The lowest BCUT2D eigenvalue weighted by Gasteiger charge is -2.07. The largest absolute Gasteiger partial charge is 0.465 e. The molecule has 2 saturated carbocycles. The standard InChI is InChI=1S/C16H21NO2/c18-16(19-11-14-3-4-14)9-12-5-7-15(8-6-12)17-10-13-1-2-13/h5-8,13-14,17H,1-4,9-11H2. The van der Waals surface area contributed by atoms with E-state index in [-0.39, 0.29) is 5.97 Å². The maximum absolute atomic E-state index is 11.6. The Hall–Kier alpha value is -1.51. The SMILES string of the molecule is O=C(Cc1ccc(NCC2CC2)cc1)OCC1CC1. The molecule has 0 amide bonds. The Balaban J connectivity index is 1.42. The lowest BCUT2D eigenvalue weighted by molar-refractivity contribution is -0.143. The van der Waals surface area contributed by atoms with Crippen LogP contribution in [-0.2, 0) is 16.0 Å². The van der Waals surface area contributed by atoms with Gasteiger partial charge in [0, 0.05) is 12.2 Å². The van der Waals surface area contributed by atoms with Crippen LogP contribution in [0.15, 0.2) is 24.3 Å². The van der Waals surface area contributed by atoms with Crippen molar-refractivity contribution < 1.29 is 9.53 Å². The zero-order valence-electron chi connectivity index (χ0n) is 11.2. The molecule has 1 N–H and O–H groups in total. The number of carbonyl (C=O) groups is 1. The van der Waals surface area contributed by atoms with Crippen molar-refractivity contribution in [2.75, 3.05) is 18.5 Å². The second kappa shape index (κ2) is 5.64. The van der Waals surface area contributed by atoms with Crippen LogP contribution in [0.5, 0.6) is 0 Å². The van der Waals surface area contributed by atoms with Crippen molar-refractivity contribution >= 4 is 11.7 Å². The van der Waals surface area contributed by atoms with Gasteiger partial charge in [-0.15, -0.1) is 0 Å². The van der Waals surface area contributed by atoms with E-state index in [4.69, 9.17) is 4.74 Å². The van der Waals surface area contributed by atoms with E-state index in [0.717, 1.165) is 23.7 Å². The van der Waals surface area contributed by atoms with Gasteiger partial charge in [-0.2, -0.15) is 0 Å². The van der Waals surface area contributed by atoms with E-state index in [9.17, 15) is 4.79 Å². The highest BCUT2D eigenvalue weighted by atomic mass is 16.5. The molecule has 2 fully saturated rings. The van der Waals surface area contributed by atoms with Crippen molar-refractivity contribution in [2.45, 2.75) is 32.1 Å². The average Bonchev–Trinajstić information content (AvgIpc) is 3.28. The van der Waals surface area contributed by atoms with Crippen LogP contribution in [-0.4, -0.2) is 19.1 Å². The molecule has 0 unspecified atom stereocenters. The van der Waals surface area contributed by atoms with Crippen LogP contribution in [0.3, 0.4) is 0 Å². The van der Waals surface area contributed by atoms with Gasteiger partial charge >= 0.3 is 5.97 Å². The quantitative estimate of drug-likeness (QED) is 0.765. The fourth-order valence-electron chi connectivity index (χ4n) is 2.04. The van der Waals surface area contributed by atoms with Crippen molar-refractivity contribution in [3.8, 4) is 0 Å². The van der Waals surface area contributed by atoms with Gasteiger partial charge in [0.2, 0.25) is 0 Å². The van der Waals surface area contributed by atoms with Crippen LogP contribution in [0.4, 0.5) is 5.69 Å². The Kier molecular flexibility index (Phi) is 3.72. The maximum atomic E-state index is 11.6. The minimum atomic E-state index is -0.106. The number of esters is 1. The summed E-state index contributed by atoms with van der Waals surface area (Å²) in [7, 11) is 0. The molecular formula is C16H21NO2. The zero-order valence-corrected chi connectivity index (χ0v) is 11.2. The Labute approximate surface area is 114 Å². The molecule has 3 rings (SSSR count). The summed E-state index contributed by atoms with van der Waals surface area (Å²) >= 11 is 0. The molecule has 0 saturated heterocycles. The molecule has 0 heterocycles. The van der Waals surface area contributed by atoms with Crippen LogP contribution in [0.1, 0.15) is 31.2 Å². The molecule has 0 aliphatic heterocycles. The summed E-state index contributed by atoms with van der Waals surface area (Å²) in [6, 6.07) is 8.11. The Bertz CT molecular complexity index is 433. The van der Waals surface area contributed by atoms with E-state index in [1.807, 2.05) is 24.3 Å². The van der Waals surface area contributed by atoms with Crippen LogP contribution < -0.4 is 5.32 Å². The monoisotopic (exact) mass is 259 g/mol. The topological polar surface area (TPSA) is 38.3 Å². The Morgan fingerprint density at radius 1 is 1.11 bits per heavy atom. The molecule has 0 aromatic heterocycles. The van der Waals surface area contributed by atoms with Crippen molar-refractivity contribution in [1.82, 2.24) is 0 Å². The molecule has 0 bridgehead atoms. The first-order valence-corrected chi connectivity index (χ1v) is 7.28. The molecule has 1 aromatic carbocycles. The van der Waals surface area contributed by atoms with Crippen molar-refractivity contribution in [3.05, 3.63) is 29.8 Å². The molecule has 19 heavy (non-hydrogen) atoms. The Morgan fingerprint density at radius 2 is 1.79 bits per heavy atom. The van der Waals surface area contributed by atoms with Gasteiger partial charge in [-0.05, 0) is 55.2 Å². The summed E-state index contributed by atoms with van der Waals surface area (Å²) in [6.07, 6.45) is 5.54. The van der Waals surface area contributed by atoms with Gasteiger partial charge in [-0.3, -0.25) is 4.79 Å². The minimum Gasteiger partial charge on any atom is -0.465 e. The average molecular weight is 259 g/mol. The highest BCUT2D eigenvalue weighted by Gasteiger charge is 2.23. The summed E-state index contributed by atoms with van der Waals surface area (Å²) in [6.45, 7) is 1.68. The molecule has 1 aromatic rings. The first-order chi connectivity index (χ1) is 9.29. The van der Waals surface area contributed by atoms with Gasteiger partial charge in [0.05, 0.1) is 13.0 Å². The van der Waals surface area contributed by atoms with Gasteiger partial charge in [0.25, 0.3) is 0 Å². The van der Waals surface area contributed by atoms with Crippen LogP contribution in [0, 0.1) is 11.8 Å². The number of carbonyl (C=O) groups excluding carboxylic acids is 1. The summed E-state index contributed by atoms with van der Waals surface area (Å²) in [5.41, 5.74) is 2.17. The third kappa shape index (κ3) is 4.27. The number of nitrogens with one attached hydrogen (secondary N) is 1. The summed E-state index contributed by atoms with van der Waals surface area (Å²) in [5.74, 6) is 1.40. The summed E-state index contributed by atoms with van der Waals surface area (Å²) in [5, 5.41) is 3.42. The molecule has 2 aliphatic carbocycles. The fraction of sp³-hybridized carbons (Fsp3) is 0.562. The second-order valence-corrected chi connectivity index (χ2v) is 5.82. The highest BCUT2D eigenvalue weighted by molar-refractivity contribution is 5.72. The molecule has 3 nitrogen and oxygen atoms in total. The lowest BCUT2D eigenvalue weighted by Crippen LogP contribution is -2.10. The molecule has 3 heteroatoms. The number of ether oxygens (including phenoxy) is 1. The van der Waals surface area contributed by atoms with Crippen LogP contribution >= 0.6 is 0 Å². The van der Waals surface area contributed by atoms with E-state index in [0.29, 0.717) is 18.9 Å². The fourth-order valence-corrected chi connectivity index (χ4v) is 2.04. The van der Waals surface area contributed by atoms with Gasteiger partial charge in [-0.25, -0.2) is 0 Å². The minimum absolute atomic E-state index is 0.106. The van der Waals surface area contributed by atoms with Crippen molar-refractivity contribution in [3.63, 3.8) is 0 Å². The van der Waals surface area contributed by atoms with Gasteiger partial charge in [0.1, 0.15) is 0 Å². The normalized spacial score (nSPS) is 18.1. The van der Waals surface area contributed by atoms with Crippen molar-refractivity contribution in [1.29, 1.82) is 0 Å². The first-order valence-electron chi connectivity index (χ1n) is 7.28. The number of hydrogen-bond acceptors (Lipinski definition) is 3. The van der Waals surface area contributed by atoms with E-state index in [1.54, 1.807) is 0 Å². The second-order valence-electron chi connectivity index (χ2n) is 5.82. The molecular weight excluding hydrogens is 238 g/mol. The molecule has 2 aliphatic rings. The van der Waals surface area contributed by atoms with Crippen LogP contribution in [0.2, 0.25) is 0 Å². The van der Waals surface area contributed by atoms with E-state index < -0.39 is 0 Å². The van der Waals surface area contributed by atoms with Gasteiger partial charge in [0.15, 0.2) is 0 Å². The molecule has 102 valence electrons. The third-order valence-electron chi connectivity index (χ3n) is 3.77. The number of benzene rings is 1. The smallest absolute Gasteiger partial charge is 0.310 e. The number of anilines is 1. The number of rotatable bonds is 7. The third-order valence-corrected chi connectivity index (χ3v) is 3.77.